The third kappa shape index (κ3) is 51.6. The molecule has 0 aliphatic carbocycles. The van der Waals surface area contributed by atoms with E-state index in [0.29, 0.717) is 19.3 Å². The minimum atomic E-state index is -0.764. The zero-order chi connectivity index (χ0) is 47.7. The molecule has 0 aromatic rings. The third-order valence-corrected chi connectivity index (χ3v) is 13.8. The topological polar surface area (TPSA) is 78.9 Å². The zero-order valence-electron chi connectivity index (χ0n) is 44.8. The first-order valence-electron chi connectivity index (χ1n) is 29.1. The number of carbonyl (C=O) groups is 3. The smallest absolute Gasteiger partial charge is 0.306 e. The van der Waals surface area contributed by atoms with Crippen molar-refractivity contribution in [3.05, 3.63) is 0 Å². The van der Waals surface area contributed by atoms with E-state index in [2.05, 4.69) is 41.5 Å². The Morgan fingerprint density at radius 3 is 0.800 bits per heavy atom. The van der Waals surface area contributed by atoms with Crippen molar-refractivity contribution in [2.24, 2.45) is 17.8 Å². The van der Waals surface area contributed by atoms with Gasteiger partial charge in [0.05, 0.1) is 0 Å². The van der Waals surface area contributed by atoms with Gasteiger partial charge in [-0.25, -0.2) is 0 Å². The van der Waals surface area contributed by atoms with Crippen molar-refractivity contribution in [3.63, 3.8) is 0 Å². The molecule has 0 saturated heterocycles. The Morgan fingerprint density at radius 2 is 0.538 bits per heavy atom. The van der Waals surface area contributed by atoms with E-state index in [9.17, 15) is 14.4 Å². The summed E-state index contributed by atoms with van der Waals surface area (Å²) >= 11 is 0. The predicted octanol–water partition coefficient (Wildman–Crippen LogP) is 19.1. The molecule has 0 spiro atoms. The minimum absolute atomic E-state index is 0.0638. The molecule has 0 N–H and O–H groups in total. The number of carbonyl (C=O) groups excluding carboxylic acids is 3. The Kier molecular flexibility index (Phi) is 49.1. The van der Waals surface area contributed by atoms with E-state index < -0.39 is 6.10 Å². The molecule has 386 valence electrons. The molecule has 0 aromatic heterocycles. The second kappa shape index (κ2) is 50.3. The molecule has 0 bridgehead atoms. The predicted molar refractivity (Wildman–Crippen MR) is 279 cm³/mol. The summed E-state index contributed by atoms with van der Waals surface area (Å²) in [5.74, 6) is 1.69. The first-order valence-corrected chi connectivity index (χ1v) is 29.1. The molecule has 0 aliphatic heterocycles. The third-order valence-electron chi connectivity index (χ3n) is 13.8. The number of unbranched alkanes of at least 4 members (excludes halogenated alkanes) is 34. The molecule has 2 atom stereocenters. The Balaban J connectivity index is 4.27. The zero-order valence-corrected chi connectivity index (χ0v) is 44.8. The van der Waals surface area contributed by atoms with Gasteiger partial charge in [-0.2, -0.15) is 0 Å². The number of hydrogen-bond donors (Lipinski definition) is 0. The van der Waals surface area contributed by atoms with Crippen LogP contribution in [0, 0.1) is 17.8 Å². The second-order valence-corrected chi connectivity index (χ2v) is 21.5. The average Bonchev–Trinajstić information content (AvgIpc) is 3.28. The van der Waals surface area contributed by atoms with Gasteiger partial charge >= 0.3 is 17.9 Å². The quantitative estimate of drug-likeness (QED) is 0.0344. The summed E-state index contributed by atoms with van der Waals surface area (Å²) in [6.07, 6.45) is 52.4. The molecule has 0 radical (unpaired) electrons. The van der Waals surface area contributed by atoms with E-state index in [1.54, 1.807) is 0 Å². The normalized spacial score (nSPS) is 12.6. The van der Waals surface area contributed by atoms with Crippen LogP contribution in [0.25, 0.3) is 0 Å². The van der Waals surface area contributed by atoms with E-state index >= 15 is 0 Å². The molecular weight excluding hydrogens is 805 g/mol. The largest absolute Gasteiger partial charge is 0.462 e. The van der Waals surface area contributed by atoms with Crippen LogP contribution in [0.15, 0.2) is 0 Å². The molecule has 0 saturated carbocycles. The van der Waals surface area contributed by atoms with Gasteiger partial charge in [-0.3, -0.25) is 14.4 Å². The molecule has 0 heterocycles. The van der Waals surface area contributed by atoms with Gasteiger partial charge in [-0.1, -0.05) is 286 Å². The fourth-order valence-corrected chi connectivity index (χ4v) is 8.97. The van der Waals surface area contributed by atoms with Crippen LogP contribution in [0.3, 0.4) is 0 Å². The van der Waals surface area contributed by atoms with E-state index in [0.717, 1.165) is 75.5 Å². The standard InChI is InChI=1S/C59H114O6/c1-7-55(6)47-41-35-29-22-18-14-11-12-16-20-24-32-38-44-50-59(62)65-56(52-64-58(61)49-43-37-31-26-25-28-34-40-46-54(4)5)51-63-57(60)48-42-36-30-23-19-15-10-8-9-13-17-21-27-33-39-45-53(2)3/h53-56H,7-52H2,1-6H3/t55?,56-/m1/s1. The summed E-state index contributed by atoms with van der Waals surface area (Å²) in [5, 5.41) is 0. The van der Waals surface area contributed by atoms with Crippen molar-refractivity contribution in [1.82, 2.24) is 0 Å². The maximum atomic E-state index is 12.9. The highest BCUT2D eigenvalue weighted by atomic mass is 16.6. The molecule has 0 aromatic carbocycles. The fourth-order valence-electron chi connectivity index (χ4n) is 8.97. The van der Waals surface area contributed by atoms with Crippen molar-refractivity contribution < 1.29 is 28.6 Å². The lowest BCUT2D eigenvalue weighted by Crippen LogP contribution is -2.30. The maximum absolute atomic E-state index is 12.9. The summed E-state index contributed by atoms with van der Waals surface area (Å²) in [6.45, 7) is 13.8. The van der Waals surface area contributed by atoms with Crippen molar-refractivity contribution in [2.45, 2.75) is 330 Å². The first kappa shape index (κ1) is 63.4. The molecule has 6 nitrogen and oxygen atoms in total. The van der Waals surface area contributed by atoms with Crippen molar-refractivity contribution in [1.29, 1.82) is 0 Å². The Hall–Kier alpha value is -1.59. The van der Waals surface area contributed by atoms with Gasteiger partial charge in [-0.05, 0) is 37.0 Å². The van der Waals surface area contributed by atoms with Gasteiger partial charge in [0.2, 0.25) is 0 Å². The Labute approximate surface area is 406 Å². The van der Waals surface area contributed by atoms with Crippen LogP contribution in [-0.2, 0) is 28.6 Å². The van der Waals surface area contributed by atoms with Gasteiger partial charge in [-0.15, -0.1) is 0 Å². The number of rotatable bonds is 52. The van der Waals surface area contributed by atoms with E-state index in [4.69, 9.17) is 14.2 Å². The molecular formula is C59H114O6. The molecule has 1 unspecified atom stereocenters. The lowest BCUT2D eigenvalue weighted by Gasteiger charge is -2.18. The van der Waals surface area contributed by atoms with Crippen LogP contribution < -0.4 is 0 Å². The number of esters is 3. The Bertz CT molecular complexity index is 1010. The van der Waals surface area contributed by atoms with Crippen molar-refractivity contribution in [3.8, 4) is 0 Å². The van der Waals surface area contributed by atoms with Crippen molar-refractivity contribution in [2.75, 3.05) is 13.2 Å². The SMILES string of the molecule is CCC(C)CCCCCCCCCCCCCCCCC(=O)O[C@H](COC(=O)CCCCCCCCCCCCCCCCCC(C)C)COC(=O)CCCCCCCCCCC(C)C. The molecule has 65 heavy (non-hydrogen) atoms. The monoisotopic (exact) mass is 919 g/mol. The van der Waals surface area contributed by atoms with Crippen LogP contribution in [0.2, 0.25) is 0 Å². The molecule has 0 rings (SSSR count). The summed E-state index contributed by atoms with van der Waals surface area (Å²) in [7, 11) is 0. The summed E-state index contributed by atoms with van der Waals surface area (Å²) in [6, 6.07) is 0. The molecule has 0 amide bonds. The number of hydrogen-bond acceptors (Lipinski definition) is 6. The van der Waals surface area contributed by atoms with Crippen molar-refractivity contribution >= 4 is 17.9 Å². The highest BCUT2D eigenvalue weighted by Gasteiger charge is 2.19. The van der Waals surface area contributed by atoms with E-state index in [1.807, 2.05) is 0 Å². The van der Waals surface area contributed by atoms with Crippen LogP contribution in [-0.4, -0.2) is 37.2 Å². The molecule has 0 aliphatic rings. The fraction of sp³-hybridized carbons (Fsp3) is 0.949. The minimum Gasteiger partial charge on any atom is -0.462 e. The number of ether oxygens (including phenoxy) is 3. The van der Waals surface area contributed by atoms with E-state index in [1.165, 1.54) is 205 Å². The highest BCUT2D eigenvalue weighted by Crippen LogP contribution is 2.19. The van der Waals surface area contributed by atoms with E-state index in [-0.39, 0.29) is 31.1 Å². The molecule has 0 fully saturated rings. The van der Waals surface area contributed by atoms with Gasteiger partial charge in [0.15, 0.2) is 6.10 Å². The summed E-state index contributed by atoms with van der Waals surface area (Å²) in [5.41, 5.74) is 0. The summed E-state index contributed by atoms with van der Waals surface area (Å²) in [4.78, 5) is 38.1. The van der Waals surface area contributed by atoms with Crippen LogP contribution in [0.4, 0.5) is 0 Å². The van der Waals surface area contributed by atoms with Gasteiger partial charge < -0.3 is 14.2 Å². The van der Waals surface area contributed by atoms with Crippen LogP contribution >= 0.6 is 0 Å². The summed E-state index contributed by atoms with van der Waals surface area (Å²) < 4.78 is 16.9. The average molecular weight is 920 g/mol. The van der Waals surface area contributed by atoms with Gasteiger partial charge in [0.25, 0.3) is 0 Å². The lowest BCUT2D eigenvalue weighted by atomic mass is 9.99. The Morgan fingerprint density at radius 1 is 0.308 bits per heavy atom. The second-order valence-electron chi connectivity index (χ2n) is 21.5. The first-order chi connectivity index (χ1) is 31.6. The van der Waals surface area contributed by atoms with Gasteiger partial charge in [0.1, 0.15) is 13.2 Å². The van der Waals surface area contributed by atoms with Crippen LogP contribution in [0.5, 0.6) is 0 Å². The maximum Gasteiger partial charge on any atom is 0.306 e. The van der Waals surface area contributed by atoms with Crippen LogP contribution in [0.1, 0.15) is 324 Å². The van der Waals surface area contributed by atoms with Gasteiger partial charge in [0, 0.05) is 19.3 Å². The molecule has 6 heteroatoms. The lowest BCUT2D eigenvalue weighted by molar-refractivity contribution is -0.167. The highest BCUT2D eigenvalue weighted by molar-refractivity contribution is 5.71.